The first-order valence-electron chi connectivity index (χ1n) is 5.92. The van der Waals surface area contributed by atoms with Crippen molar-refractivity contribution < 1.29 is 13.2 Å². The van der Waals surface area contributed by atoms with Gasteiger partial charge in [0.05, 0.1) is 11.6 Å². The maximum atomic E-state index is 11.3. The Morgan fingerprint density at radius 2 is 1.76 bits per heavy atom. The van der Waals surface area contributed by atoms with Crippen molar-refractivity contribution in [2.24, 2.45) is 5.14 Å². The van der Waals surface area contributed by atoms with Gasteiger partial charge in [0, 0.05) is 18.8 Å². The van der Waals surface area contributed by atoms with E-state index in [-0.39, 0.29) is 14.9 Å². The highest BCUT2D eigenvalue weighted by Crippen LogP contribution is 2.36. The standard InChI is InChI=1S/C13H12Cl2N2O3S/c14-12-10(1-2-11(13(12)15)21(16,18)19)20-8-5-9-3-6-17-7-4-9/h1-4,6-7H,5,8H2,(H2,16,18,19). The monoisotopic (exact) mass is 346 g/mol. The minimum Gasteiger partial charge on any atom is -0.492 e. The Balaban J connectivity index is 2.10. The van der Waals surface area contributed by atoms with E-state index in [0.29, 0.717) is 18.8 Å². The molecule has 0 radical (unpaired) electrons. The number of halogens is 2. The number of nitrogens with zero attached hydrogens (tertiary/aromatic N) is 1. The van der Waals surface area contributed by atoms with Gasteiger partial charge in [-0.25, -0.2) is 13.6 Å². The van der Waals surface area contributed by atoms with Crippen molar-refractivity contribution in [1.29, 1.82) is 0 Å². The van der Waals surface area contributed by atoms with Crippen molar-refractivity contribution in [3.63, 3.8) is 0 Å². The molecule has 0 amide bonds. The minimum atomic E-state index is -3.92. The maximum absolute atomic E-state index is 11.3. The molecule has 5 nitrogen and oxygen atoms in total. The molecule has 0 spiro atoms. The topological polar surface area (TPSA) is 82.3 Å². The fourth-order valence-electron chi connectivity index (χ4n) is 1.67. The summed E-state index contributed by atoms with van der Waals surface area (Å²) in [5.41, 5.74) is 1.06. The van der Waals surface area contributed by atoms with Crippen molar-refractivity contribution in [2.45, 2.75) is 11.3 Å². The second-order valence-corrected chi connectivity index (χ2v) is 6.47. The van der Waals surface area contributed by atoms with E-state index in [1.54, 1.807) is 12.4 Å². The Bertz CT molecular complexity index is 737. The lowest BCUT2D eigenvalue weighted by Gasteiger charge is -2.11. The molecule has 2 rings (SSSR count). The van der Waals surface area contributed by atoms with Crippen molar-refractivity contribution in [1.82, 2.24) is 4.98 Å². The van der Waals surface area contributed by atoms with E-state index < -0.39 is 10.0 Å². The molecule has 112 valence electrons. The van der Waals surface area contributed by atoms with Gasteiger partial charge in [0.25, 0.3) is 0 Å². The Morgan fingerprint density at radius 1 is 1.10 bits per heavy atom. The number of primary sulfonamides is 1. The molecule has 0 saturated heterocycles. The molecular formula is C13H12Cl2N2O3S. The van der Waals surface area contributed by atoms with Gasteiger partial charge in [-0.3, -0.25) is 4.98 Å². The number of hydrogen-bond donors (Lipinski definition) is 1. The number of benzene rings is 1. The lowest BCUT2D eigenvalue weighted by Crippen LogP contribution is -2.13. The first-order valence-corrected chi connectivity index (χ1v) is 8.22. The smallest absolute Gasteiger partial charge is 0.239 e. The largest absolute Gasteiger partial charge is 0.492 e. The third-order valence-electron chi connectivity index (χ3n) is 2.72. The highest BCUT2D eigenvalue weighted by molar-refractivity contribution is 7.89. The highest BCUT2D eigenvalue weighted by Gasteiger charge is 2.18. The summed E-state index contributed by atoms with van der Waals surface area (Å²) in [5, 5.41) is 4.92. The first kappa shape index (κ1) is 16.0. The van der Waals surface area contributed by atoms with Crippen LogP contribution in [-0.2, 0) is 16.4 Å². The predicted octanol–water partition coefficient (Wildman–Crippen LogP) is 2.66. The van der Waals surface area contributed by atoms with Gasteiger partial charge < -0.3 is 4.74 Å². The number of pyridine rings is 1. The number of hydrogen-bond acceptors (Lipinski definition) is 4. The number of sulfonamides is 1. The van der Waals surface area contributed by atoms with Crippen LogP contribution in [0.25, 0.3) is 0 Å². The van der Waals surface area contributed by atoms with Gasteiger partial charge in [0.15, 0.2) is 0 Å². The molecule has 0 aliphatic heterocycles. The molecule has 8 heteroatoms. The van der Waals surface area contributed by atoms with Crippen molar-refractivity contribution in [3.8, 4) is 5.75 Å². The summed E-state index contributed by atoms with van der Waals surface area (Å²) in [7, 11) is -3.92. The highest BCUT2D eigenvalue weighted by atomic mass is 35.5. The quantitative estimate of drug-likeness (QED) is 0.901. The van der Waals surface area contributed by atoms with Crippen LogP contribution in [0.3, 0.4) is 0 Å². The predicted molar refractivity (Wildman–Crippen MR) is 81.3 cm³/mol. The van der Waals surface area contributed by atoms with Crippen LogP contribution in [0, 0.1) is 0 Å². The zero-order valence-electron chi connectivity index (χ0n) is 10.8. The number of ether oxygens (including phenoxy) is 1. The van der Waals surface area contributed by atoms with Crippen LogP contribution in [-0.4, -0.2) is 20.0 Å². The summed E-state index contributed by atoms with van der Waals surface area (Å²) in [6.45, 7) is 0.370. The SMILES string of the molecule is NS(=O)(=O)c1ccc(OCCc2ccncc2)c(Cl)c1Cl. The summed E-state index contributed by atoms with van der Waals surface area (Å²) in [6.07, 6.45) is 4.05. The molecule has 0 aliphatic rings. The van der Waals surface area contributed by atoms with E-state index >= 15 is 0 Å². The molecule has 1 aromatic heterocycles. The van der Waals surface area contributed by atoms with Crippen LogP contribution >= 0.6 is 23.2 Å². The van der Waals surface area contributed by atoms with Crippen molar-refractivity contribution >= 4 is 33.2 Å². The zero-order valence-corrected chi connectivity index (χ0v) is 13.1. The average Bonchev–Trinajstić information content (AvgIpc) is 2.43. The first-order chi connectivity index (χ1) is 9.89. The molecule has 2 N–H and O–H groups in total. The van der Waals surface area contributed by atoms with E-state index in [2.05, 4.69) is 4.98 Å². The molecule has 2 aromatic rings. The van der Waals surface area contributed by atoms with E-state index in [1.807, 2.05) is 12.1 Å². The van der Waals surface area contributed by atoms with Gasteiger partial charge in [0.2, 0.25) is 10.0 Å². The fraction of sp³-hybridized carbons (Fsp3) is 0.154. The van der Waals surface area contributed by atoms with Crippen LogP contribution in [0.2, 0.25) is 10.0 Å². The van der Waals surface area contributed by atoms with Gasteiger partial charge in [0.1, 0.15) is 15.7 Å². The normalized spacial score (nSPS) is 11.4. The van der Waals surface area contributed by atoms with Crippen LogP contribution in [0.5, 0.6) is 5.75 Å². The Kier molecular flexibility index (Phi) is 5.05. The van der Waals surface area contributed by atoms with E-state index in [9.17, 15) is 8.42 Å². The van der Waals surface area contributed by atoms with Gasteiger partial charge in [-0.2, -0.15) is 0 Å². The minimum absolute atomic E-state index is 0.0259. The third kappa shape index (κ3) is 4.07. The fourth-order valence-corrected chi connectivity index (χ4v) is 3.04. The molecule has 1 heterocycles. The van der Waals surface area contributed by atoms with E-state index in [0.717, 1.165) is 5.56 Å². The lowest BCUT2D eigenvalue weighted by atomic mass is 10.2. The Hall–Kier alpha value is -1.34. The van der Waals surface area contributed by atoms with Crippen LogP contribution in [0.15, 0.2) is 41.6 Å². The summed E-state index contributed by atoms with van der Waals surface area (Å²) in [5.74, 6) is 0.308. The van der Waals surface area contributed by atoms with Crippen LogP contribution < -0.4 is 9.88 Å². The summed E-state index contributed by atoms with van der Waals surface area (Å²) in [4.78, 5) is 3.70. The number of nitrogens with two attached hydrogens (primary N) is 1. The van der Waals surface area contributed by atoms with Gasteiger partial charge in [-0.15, -0.1) is 0 Å². The Morgan fingerprint density at radius 3 is 2.38 bits per heavy atom. The van der Waals surface area contributed by atoms with Crippen LogP contribution in [0.4, 0.5) is 0 Å². The van der Waals surface area contributed by atoms with E-state index in [1.165, 1.54) is 12.1 Å². The molecule has 0 aliphatic carbocycles. The lowest BCUT2D eigenvalue weighted by molar-refractivity contribution is 0.322. The molecule has 0 saturated carbocycles. The van der Waals surface area contributed by atoms with Gasteiger partial charge >= 0.3 is 0 Å². The van der Waals surface area contributed by atoms with Gasteiger partial charge in [-0.1, -0.05) is 23.2 Å². The summed E-state index contributed by atoms with van der Waals surface area (Å²) >= 11 is 11.9. The second kappa shape index (κ2) is 6.62. The zero-order chi connectivity index (χ0) is 15.5. The molecule has 0 atom stereocenters. The molecule has 0 fully saturated rings. The number of rotatable bonds is 5. The molecule has 0 unspecified atom stereocenters. The third-order valence-corrected chi connectivity index (χ3v) is 4.65. The summed E-state index contributed by atoms with van der Waals surface area (Å²) < 4.78 is 28.1. The molecule has 0 bridgehead atoms. The molecule has 21 heavy (non-hydrogen) atoms. The summed E-state index contributed by atoms with van der Waals surface area (Å²) in [6, 6.07) is 6.45. The average molecular weight is 347 g/mol. The second-order valence-electron chi connectivity index (χ2n) is 4.19. The molecular weight excluding hydrogens is 335 g/mol. The van der Waals surface area contributed by atoms with Gasteiger partial charge in [-0.05, 0) is 29.8 Å². The number of aromatic nitrogens is 1. The maximum Gasteiger partial charge on any atom is 0.239 e. The van der Waals surface area contributed by atoms with Crippen LogP contribution in [0.1, 0.15) is 5.56 Å². The van der Waals surface area contributed by atoms with E-state index in [4.69, 9.17) is 33.1 Å². The van der Waals surface area contributed by atoms with Crippen molar-refractivity contribution in [3.05, 3.63) is 52.3 Å². The van der Waals surface area contributed by atoms with Crippen molar-refractivity contribution in [2.75, 3.05) is 6.61 Å². The molecule has 1 aromatic carbocycles. The Labute approximate surface area is 132 Å².